The van der Waals surface area contributed by atoms with Gasteiger partial charge in [-0.15, -0.1) is 0 Å². The molecule has 0 unspecified atom stereocenters. The van der Waals surface area contributed by atoms with E-state index in [-0.39, 0.29) is 0 Å². The summed E-state index contributed by atoms with van der Waals surface area (Å²) in [5.41, 5.74) is 18.7. The molecule has 0 atom stereocenters. The van der Waals surface area contributed by atoms with Gasteiger partial charge in [0.2, 0.25) is 0 Å². The molecule has 5 aromatic carbocycles. The Balaban J connectivity index is 1.63. The Morgan fingerprint density at radius 2 is 0.783 bits per heavy atom. The number of hydrogen-bond acceptors (Lipinski definition) is 2. The monoisotopic (exact) mass is 596 g/mol. The lowest BCUT2D eigenvalue weighted by Gasteiger charge is -2.18. The van der Waals surface area contributed by atoms with Crippen molar-refractivity contribution in [2.75, 3.05) is 0 Å². The largest absolute Gasteiger partial charge is 0.245 e. The van der Waals surface area contributed by atoms with E-state index in [1.165, 1.54) is 66.8 Å². The van der Waals surface area contributed by atoms with Crippen LogP contribution in [-0.4, -0.2) is 9.97 Å². The molecule has 0 amide bonds. The van der Waals surface area contributed by atoms with Gasteiger partial charge in [0.05, 0.1) is 22.4 Å². The molecule has 2 aromatic heterocycles. The summed E-state index contributed by atoms with van der Waals surface area (Å²) < 4.78 is 0. The smallest absolute Gasteiger partial charge is 0.0978 e. The van der Waals surface area contributed by atoms with Crippen molar-refractivity contribution < 1.29 is 0 Å². The van der Waals surface area contributed by atoms with Crippen molar-refractivity contribution in [3.63, 3.8) is 0 Å². The topological polar surface area (TPSA) is 25.8 Å². The number of hydrogen-bond donors (Lipinski definition) is 0. The lowest BCUT2D eigenvalue weighted by atomic mass is 9.90. The van der Waals surface area contributed by atoms with Crippen LogP contribution in [0.3, 0.4) is 0 Å². The molecular formula is C44H40N2. The summed E-state index contributed by atoms with van der Waals surface area (Å²) in [5.74, 6) is 0. The van der Waals surface area contributed by atoms with E-state index in [0.29, 0.717) is 0 Å². The van der Waals surface area contributed by atoms with E-state index < -0.39 is 0 Å². The first-order chi connectivity index (χ1) is 22.4. The molecule has 7 rings (SSSR count). The molecule has 2 nitrogen and oxygen atoms in total. The number of aromatic nitrogens is 2. The van der Waals surface area contributed by atoms with Crippen LogP contribution in [0.25, 0.3) is 66.6 Å². The average molecular weight is 597 g/mol. The van der Waals surface area contributed by atoms with Gasteiger partial charge >= 0.3 is 0 Å². The van der Waals surface area contributed by atoms with Gasteiger partial charge in [-0.3, -0.25) is 0 Å². The molecule has 0 aliphatic heterocycles. The lowest BCUT2D eigenvalue weighted by molar-refractivity contribution is 1.12. The van der Waals surface area contributed by atoms with Crippen LogP contribution in [0.4, 0.5) is 0 Å². The maximum absolute atomic E-state index is 5.52. The highest BCUT2D eigenvalue weighted by atomic mass is 14.8. The van der Waals surface area contributed by atoms with Crippen LogP contribution in [-0.2, 0) is 12.8 Å². The molecule has 0 radical (unpaired) electrons. The quantitative estimate of drug-likeness (QED) is 0.178. The number of rotatable bonds is 6. The van der Waals surface area contributed by atoms with Crippen LogP contribution >= 0.6 is 0 Å². The van der Waals surface area contributed by atoms with E-state index in [0.717, 1.165) is 46.0 Å². The molecule has 7 aromatic rings. The van der Waals surface area contributed by atoms with Gasteiger partial charge < -0.3 is 0 Å². The maximum atomic E-state index is 5.52. The Bertz CT molecular complexity index is 2040. The van der Waals surface area contributed by atoms with Gasteiger partial charge in [0.15, 0.2) is 0 Å². The molecular weight excluding hydrogens is 556 g/mol. The molecule has 46 heavy (non-hydrogen) atoms. The van der Waals surface area contributed by atoms with Crippen LogP contribution in [0.2, 0.25) is 0 Å². The Kier molecular flexibility index (Phi) is 7.74. The van der Waals surface area contributed by atoms with Crippen molar-refractivity contribution in [3.8, 4) is 44.8 Å². The van der Waals surface area contributed by atoms with Gasteiger partial charge in [-0.2, -0.15) is 0 Å². The zero-order valence-corrected chi connectivity index (χ0v) is 27.7. The first kappa shape index (κ1) is 29.6. The Morgan fingerprint density at radius 3 is 1.11 bits per heavy atom. The molecule has 0 saturated carbocycles. The minimum atomic E-state index is 0.937. The number of nitrogens with zero attached hydrogens (tertiary/aromatic N) is 2. The van der Waals surface area contributed by atoms with E-state index in [9.17, 15) is 0 Å². The highest BCUT2D eigenvalue weighted by Gasteiger charge is 2.19. The second kappa shape index (κ2) is 12.0. The van der Waals surface area contributed by atoms with Crippen LogP contribution < -0.4 is 0 Å². The van der Waals surface area contributed by atoms with Crippen molar-refractivity contribution in [2.24, 2.45) is 0 Å². The first-order valence-electron chi connectivity index (χ1n) is 16.5. The third-order valence-electron chi connectivity index (χ3n) is 9.44. The van der Waals surface area contributed by atoms with Gasteiger partial charge in [0.1, 0.15) is 0 Å². The van der Waals surface area contributed by atoms with Crippen molar-refractivity contribution >= 4 is 21.8 Å². The lowest BCUT2D eigenvalue weighted by Crippen LogP contribution is -1.99. The fraction of sp³-hybridized carbons (Fsp3) is 0.182. The van der Waals surface area contributed by atoms with E-state index in [1.807, 2.05) is 0 Å². The van der Waals surface area contributed by atoms with Gasteiger partial charge in [0.25, 0.3) is 0 Å². The molecule has 2 heterocycles. The standard InChI is InChI=1S/C44H40N2/c1-7-31-21-27(3)41(28(4)22-31)39-25-37(33-15-11-9-12-16-33)35-19-20-36-38(34-17-13-10-14-18-34)26-40(46-44(36)43(35)45-39)42-29(5)23-32(8-2)24-30(42)6/h9-26H,7-8H2,1-6H3. The van der Waals surface area contributed by atoms with Crippen molar-refractivity contribution in [3.05, 3.63) is 143 Å². The highest BCUT2D eigenvalue weighted by Crippen LogP contribution is 2.41. The second-order valence-electron chi connectivity index (χ2n) is 12.6. The van der Waals surface area contributed by atoms with Gasteiger partial charge in [-0.25, -0.2) is 9.97 Å². The van der Waals surface area contributed by atoms with E-state index in [4.69, 9.17) is 9.97 Å². The number of fused-ring (bicyclic) bond motifs is 3. The summed E-state index contributed by atoms with van der Waals surface area (Å²) in [5, 5.41) is 2.22. The zero-order chi connectivity index (χ0) is 31.9. The second-order valence-corrected chi connectivity index (χ2v) is 12.6. The third-order valence-corrected chi connectivity index (χ3v) is 9.44. The predicted molar refractivity (Wildman–Crippen MR) is 196 cm³/mol. The van der Waals surface area contributed by atoms with E-state index >= 15 is 0 Å². The van der Waals surface area contributed by atoms with E-state index in [2.05, 4.69) is 151 Å². The maximum Gasteiger partial charge on any atom is 0.0978 e. The normalized spacial score (nSPS) is 11.4. The van der Waals surface area contributed by atoms with Crippen LogP contribution in [0.1, 0.15) is 47.2 Å². The Labute approximate surface area is 272 Å². The molecule has 0 aliphatic carbocycles. The summed E-state index contributed by atoms with van der Waals surface area (Å²) >= 11 is 0. The molecule has 0 saturated heterocycles. The number of pyridine rings is 2. The SMILES string of the molecule is CCc1cc(C)c(-c2cc(-c3ccccc3)c3ccc4c(-c5ccccc5)cc(-c5c(C)cc(CC)cc5C)nc4c3n2)c(C)c1. The number of aryl methyl sites for hydroxylation is 6. The van der Waals surface area contributed by atoms with Crippen LogP contribution in [0, 0.1) is 27.7 Å². The fourth-order valence-corrected chi connectivity index (χ4v) is 7.27. The minimum absolute atomic E-state index is 0.937. The zero-order valence-electron chi connectivity index (χ0n) is 27.7. The average Bonchev–Trinajstić information content (AvgIpc) is 3.07. The predicted octanol–water partition coefficient (Wildman–Crippen LogP) is 11.8. The summed E-state index contributed by atoms with van der Waals surface area (Å²) in [6.07, 6.45) is 2.03. The Morgan fingerprint density at radius 1 is 0.435 bits per heavy atom. The molecule has 0 bridgehead atoms. The third kappa shape index (κ3) is 5.18. The summed E-state index contributed by atoms with van der Waals surface area (Å²) in [6.45, 7) is 13.3. The van der Waals surface area contributed by atoms with Crippen molar-refractivity contribution in [1.29, 1.82) is 0 Å². The molecule has 0 spiro atoms. The van der Waals surface area contributed by atoms with Gasteiger partial charge in [0, 0.05) is 21.9 Å². The number of benzene rings is 5. The minimum Gasteiger partial charge on any atom is -0.245 e. The highest BCUT2D eigenvalue weighted by molar-refractivity contribution is 6.13. The van der Waals surface area contributed by atoms with Crippen LogP contribution in [0.15, 0.2) is 109 Å². The molecule has 2 heteroatoms. The van der Waals surface area contributed by atoms with Gasteiger partial charge in [-0.1, -0.05) is 111 Å². The van der Waals surface area contributed by atoms with Crippen molar-refractivity contribution in [1.82, 2.24) is 9.97 Å². The molecule has 0 fully saturated rings. The summed E-state index contributed by atoms with van der Waals surface area (Å²) in [4.78, 5) is 11.0. The fourth-order valence-electron chi connectivity index (χ4n) is 7.27. The van der Waals surface area contributed by atoms with Crippen LogP contribution in [0.5, 0.6) is 0 Å². The Hall–Kier alpha value is -5.08. The molecule has 0 N–H and O–H groups in total. The molecule has 0 aliphatic rings. The first-order valence-corrected chi connectivity index (χ1v) is 16.5. The van der Waals surface area contributed by atoms with E-state index in [1.54, 1.807) is 0 Å². The van der Waals surface area contributed by atoms with Gasteiger partial charge in [-0.05, 0) is 108 Å². The summed E-state index contributed by atoms with van der Waals surface area (Å²) in [7, 11) is 0. The molecule has 226 valence electrons. The van der Waals surface area contributed by atoms with Crippen molar-refractivity contribution in [2.45, 2.75) is 54.4 Å². The summed E-state index contributed by atoms with van der Waals surface area (Å²) in [6, 6.07) is 39.7.